The fourth-order valence-electron chi connectivity index (χ4n) is 1.97. The molecule has 0 bridgehead atoms. The summed E-state index contributed by atoms with van der Waals surface area (Å²) in [6, 6.07) is 10.8. The second-order valence-electron chi connectivity index (χ2n) is 4.30. The molecule has 2 aromatic carbocycles. The van der Waals surface area contributed by atoms with Crippen molar-refractivity contribution in [2.45, 2.75) is 11.8 Å². The summed E-state index contributed by atoms with van der Waals surface area (Å²) in [7, 11) is -3.39. The fraction of sp³-hybridized carbons (Fsp3) is 0.286. The third-order valence-corrected chi connectivity index (χ3v) is 4.60. The van der Waals surface area contributed by atoms with E-state index in [0.29, 0.717) is 0 Å². The summed E-state index contributed by atoms with van der Waals surface area (Å²) >= 11 is 0. The van der Waals surface area contributed by atoms with Crippen molar-refractivity contribution >= 4 is 26.3 Å². The summed E-state index contributed by atoms with van der Waals surface area (Å²) in [5.41, 5.74) is 1.01. The van der Waals surface area contributed by atoms with Gasteiger partial charge in [-0.25, -0.2) is 8.42 Å². The molecular weight excluding hydrogens is 262 g/mol. The topological polar surface area (TPSA) is 66.4 Å². The first-order chi connectivity index (χ1) is 9.06. The molecule has 0 aliphatic rings. The number of nitrogens with one attached hydrogen (secondary N) is 1. The Bertz CT molecular complexity index is 680. The van der Waals surface area contributed by atoms with Crippen LogP contribution in [-0.4, -0.2) is 32.4 Å². The number of rotatable bonds is 5. The summed E-state index contributed by atoms with van der Waals surface area (Å²) in [6.45, 7) is 2.50. The Morgan fingerprint density at radius 3 is 2.47 bits per heavy atom. The molecule has 0 fully saturated rings. The lowest BCUT2D eigenvalue weighted by Crippen LogP contribution is -2.09. The first kappa shape index (κ1) is 13.8. The number of hydrogen-bond acceptors (Lipinski definition) is 4. The minimum Gasteiger partial charge on any atom is -0.395 e. The Morgan fingerprint density at radius 2 is 1.79 bits per heavy atom. The van der Waals surface area contributed by atoms with E-state index in [1.165, 1.54) is 0 Å². The van der Waals surface area contributed by atoms with Gasteiger partial charge in [-0.3, -0.25) is 0 Å². The second kappa shape index (κ2) is 5.59. The largest absolute Gasteiger partial charge is 0.395 e. The van der Waals surface area contributed by atoms with Crippen LogP contribution in [-0.2, 0) is 9.84 Å². The van der Waals surface area contributed by atoms with Crippen LogP contribution < -0.4 is 5.32 Å². The van der Waals surface area contributed by atoms with E-state index in [1.807, 2.05) is 25.1 Å². The highest BCUT2D eigenvalue weighted by molar-refractivity contribution is 7.91. The zero-order chi connectivity index (χ0) is 13.9. The van der Waals surface area contributed by atoms with Crippen LogP contribution in [0.2, 0.25) is 0 Å². The van der Waals surface area contributed by atoms with Crippen molar-refractivity contribution < 1.29 is 13.5 Å². The maximum Gasteiger partial charge on any atom is 0.180 e. The van der Waals surface area contributed by atoms with E-state index in [4.69, 9.17) is 5.11 Å². The molecular formula is C14H17NO3S. The normalized spacial score (nSPS) is 11.7. The van der Waals surface area contributed by atoms with E-state index in [9.17, 15) is 8.42 Å². The fourth-order valence-corrected chi connectivity index (χ4v) is 3.03. The predicted molar refractivity (Wildman–Crippen MR) is 77.3 cm³/mol. The van der Waals surface area contributed by atoms with E-state index < -0.39 is 9.84 Å². The van der Waals surface area contributed by atoms with Gasteiger partial charge in [-0.05, 0) is 42.0 Å². The summed E-state index contributed by atoms with van der Waals surface area (Å²) in [4.78, 5) is 0.255. The van der Waals surface area contributed by atoms with Crippen molar-refractivity contribution in [3.8, 4) is 0 Å². The van der Waals surface area contributed by atoms with Crippen LogP contribution in [0.25, 0.3) is 10.8 Å². The summed E-state index contributed by atoms with van der Waals surface area (Å²) < 4.78 is 23.7. The molecule has 0 aliphatic carbocycles. The molecule has 0 atom stereocenters. The zero-order valence-corrected chi connectivity index (χ0v) is 11.6. The molecule has 0 saturated heterocycles. The van der Waals surface area contributed by atoms with Gasteiger partial charge in [0.25, 0.3) is 0 Å². The maximum absolute atomic E-state index is 11.9. The summed E-state index contributed by atoms with van der Waals surface area (Å²) in [6.07, 6.45) is 0. The number of fused-ring (bicyclic) bond motifs is 1. The predicted octanol–water partition coefficient (Wildman–Crippen LogP) is 2.04. The van der Waals surface area contributed by atoms with E-state index >= 15 is 0 Å². The van der Waals surface area contributed by atoms with Crippen molar-refractivity contribution in [3.63, 3.8) is 0 Å². The van der Waals surface area contributed by atoms with Gasteiger partial charge < -0.3 is 10.4 Å². The lowest BCUT2D eigenvalue weighted by atomic mass is 10.1. The van der Waals surface area contributed by atoms with E-state index in [2.05, 4.69) is 5.32 Å². The monoisotopic (exact) mass is 279 g/mol. The number of sulfone groups is 1. The highest BCUT2D eigenvalue weighted by Crippen LogP contribution is 2.23. The quantitative estimate of drug-likeness (QED) is 0.879. The highest BCUT2D eigenvalue weighted by atomic mass is 32.2. The zero-order valence-electron chi connectivity index (χ0n) is 10.8. The molecule has 2 rings (SSSR count). The molecule has 0 amide bonds. The number of aliphatic hydroxyl groups excluding tert-OH is 1. The molecule has 4 nitrogen and oxygen atoms in total. The minimum absolute atomic E-state index is 0.242. The van der Waals surface area contributed by atoms with Gasteiger partial charge in [0.15, 0.2) is 9.84 Å². The molecule has 0 saturated carbocycles. The molecule has 0 radical (unpaired) electrons. The maximum atomic E-state index is 11.9. The van der Waals surface area contributed by atoms with Gasteiger partial charge in [0.1, 0.15) is 0 Å². The number of anilines is 1. The molecule has 0 aliphatic heterocycles. The molecule has 0 heterocycles. The van der Waals surface area contributed by atoms with Crippen LogP contribution in [0.1, 0.15) is 6.92 Å². The third kappa shape index (κ3) is 3.05. The van der Waals surface area contributed by atoms with Crippen molar-refractivity contribution in [1.82, 2.24) is 0 Å². The van der Waals surface area contributed by atoms with Gasteiger partial charge in [-0.15, -0.1) is 0 Å². The molecule has 0 unspecified atom stereocenters. The van der Waals surface area contributed by atoms with E-state index in [1.54, 1.807) is 18.2 Å². The second-order valence-corrected chi connectivity index (χ2v) is 6.41. The summed E-state index contributed by atoms with van der Waals surface area (Å²) in [5, 5.41) is 13.9. The Morgan fingerprint density at radius 1 is 1.11 bits per heavy atom. The third-order valence-electron chi connectivity index (χ3n) is 2.91. The molecule has 0 spiro atoms. The van der Waals surface area contributed by atoms with Crippen LogP contribution in [0.15, 0.2) is 41.3 Å². The van der Waals surface area contributed by atoms with Gasteiger partial charge >= 0.3 is 0 Å². The first-order valence-electron chi connectivity index (χ1n) is 6.18. The Hall–Kier alpha value is -1.59. The molecule has 19 heavy (non-hydrogen) atoms. The van der Waals surface area contributed by atoms with Gasteiger partial charge in [0, 0.05) is 12.2 Å². The SMILES string of the molecule is CCNc1ccc2cc(S(=O)(=O)CCO)ccc2c1. The number of hydrogen-bond donors (Lipinski definition) is 2. The number of benzene rings is 2. The van der Waals surface area contributed by atoms with Gasteiger partial charge in [-0.2, -0.15) is 0 Å². The molecule has 5 heteroatoms. The minimum atomic E-state index is -3.39. The van der Waals surface area contributed by atoms with Crippen molar-refractivity contribution in [1.29, 1.82) is 0 Å². The average molecular weight is 279 g/mol. The average Bonchev–Trinajstić information content (AvgIpc) is 2.38. The highest BCUT2D eigenvalue weighted by Gasteiger charge is 2.13. The Balaban J connectivity index is 2.45. The molecule has 0 aromatic heterocycles. The van der Waals surface area contributed by atoms with Gasteiger partial charge in [0.2, 0.25) is 0 Å². The lowest BCUT2D eigenvalue weighted by molar-refractivity contribution is 0.319. The summed E-state index contributed by atoms with van der Waals surface area (Å²) in [5.74, 6) is -0.242. The van der Waals surface area contributed by atoms with Crippen LogP contribution in [0, 0.1) is 0 Å². The number of aliphatic hydroxyl groups is 1. The molecule has 2 N–H and O–H groups in total. The van der Waals surface area contributed by atoms with Crippen LogP contribution in [0.5, 0.6) is 0 Å². The van der Waals surface area contributed by atoms with Crippen molar-refractivity contribution in [3.05, 3.63) is 36.4 Å². The van der Waals surface area contributed by atoms with Gasteiger partial charge in [-0.1, -0.05) is 12.1 Å². The van der Waals surface area contributed by atoms with Crippen LogP contribution in [0.4, 0.5) is 5.69 Å². The van der Waals surface area contributed by atoms with Crippen molar-refractivity contribution in [2.75, 3.05) is 24.2 Å². The first-order valence-corrected chi connectivity index (χ1v) is 7.83. The van der Waals surface area contributed by atoms with E-state index in [-0.39, 0.29) is 17.3 Å². The van der Waals surface area contributed by atoms with Crippen molar-refractivity contribution in [2.24, 2.45) is 0 Å². The Labute approximate surface area is 113 Å². The smallest absolute Gasteiger partial charge is 0.180 e. The molecule has 102 valence electrons. The standard InChI is InChI=1S/C14H17NO3S/c1-2-15-13-5-3-12-10-14(6-4-11(12)9-13)19(17,18)8-7-16/h3-6,9-10,15-16H,2,7-8H2,1H3. The Kier molecular flexibility index (Phi) is 4.07. The van der Waals surface area contributed by atoms with Gasteiger partial charge in [0.05, 0.1) is 17.3 Å². The molecule has 2 aromatic rings. The lowest BCUT2D eigenvalue weighted by Gasteiger charge is -2.07. The van der Waals surface area contributed by atoms with E-state index in [0.717, 1.165) is 23.0 Å². The van der Waals surface area contributed by atoms with Crippen LogP contribution >= 0.6 is 0 Å². The van der Waals surface area contributed by atoms with Crippen LogP contribution in [0.3, 0.4) is 0 Å².